The predicted octanol–water partition coefficient (Wildman–Crippen LogP) is 14.0. The average molecular weight is 703 g/mol. The van der Waals surface area contributed by atoms with Crippen LogP contribution in [0.15, 0.2) is 194 Å². The van der Waals surface area contributed by atoms with Crippen molar-refractivity contribution in [1.82, 2.24) is 9.13 Å². The van der Waals surface area contributed by atoms with E-state index in [2.05, 4.69) is 217 Å². The number of hydrogen-bond donors (Lipinski definition) is 0. The zero-order valence-corrected chi connectivity index (χ0v) is 30.9. The summed E-state index contributed by atoms with van der Waals surface area (Å²) in [7, 11) is 0. The van der Waals surface area contributed by atoms with Gasteiger partial charge in [0.25, 0.3) is 0 Å². The molecule has 0 amide bonds. The Bertz CT molecular complexity index is 3030. The van der Waals surface area contributed by atoms with Crippen molar-refractivity contribution >= 4 is 32.7 Å². The number of rotatable bonds is 5. The van der Waals surface area contributed by atoms with E-state index < -0.39 is 0 Å². The van der Waals surface area contributed by atoms with Crippen molar-refractivity contribution in [2.24, 2.45) is 0 Å². The van der Waals surface area contributed by atoms with Gasteiger partial charge in [-0.15, -0.1) is 0 Å². The fourth-order valence-corrected chi connectivity index (χ4v) is 9.34. The molecule has 0 atom stereocenters. The molecule has 0 saturated carbocycles. The Kier molecular flexibility index (Phi) is 6.93. The van der Waals surface area contributed by atoms with E-state index in [0.717, 1.165) is 5.69 Å². The highest BCUT2D eigenvalue weighted by molar-refractivity contribution is 6.10. The summed E-state index contributed by atoms with van der Waals surface area (Å²) in [6.45, 7) is 4.73. The highest BCUT2D eigenvalue weighted by Crippen LogP contribution is 2.50. The van der Waals surface area contributed by atoms with Crippen LogP contribution in [0.5, 0.6) is 0 Å². The van der Waals surface area contributed by atoms with Crippen LogP contribution in [0.3, 0.4) is 0 Å². The molecule has 10 aromatic rings. The first-order chi connectivity index (χ1) is 27.1. The zero-order valence-electron chi connectivity index (χ0n) is 30.9. The summed E-state index contributed by atoms with van der Waals surface area (Å²) in [6.07, 6.45) is 0. The first-order valence-corrected chi connectivity index (χ1v) is 19.2. The third kappa shape index (κ3) is 4.74. The summed E-state index contributed by atoms with van der Waals surface area (Å²) in [5.41, 5.74) is 18.5. The summed E-state index contributed by atoms with van der Waals surface area (Å²) in [6, 6.07) is 71.3. The standard InChI is InChI=1S/C53H38N2/c1-53(2)46-22-12-9-19-41(46)42-31-30-40(34-47(42)53)55-50-32-27-38(33-45(50)51(36-15-5-3-6-16-36)52(55)37-17-7-4-8-18-37)35-25-28-39(29-26-35)54-48-23-13-10-20-43(48)44-21-11-14-24-49(44)54/h3-34H,1-2H3. The molecule has 260 valence electrons. The quantitative estimate of drug-likeness (QED) is 0.169. The molecular weight excluding hydrogens is 665 g/mol. The van der Waals surface area contributed by atoms with Gasteiger partial charge in [0.2, 0.25) is 0 Å². The van der Waals surface area contributed by atoms with Crippen molar-refractivity contribution in [3.63, 3.8) is 0 Å². The van der Waals surface area contributed by atoms with Gasteiger partial charge >= 0.3 is 0 Å². The molecule has 55 heavy (non-hydrogen) atoms. The van der Waals surface area contributed by atoms with E-state index in [1.54, 1.807) is 0 Å². The minimum Gasteiger partial charge on any atom is -0.309 e. The molecule has 0 radical (unpaired) electrons. The molecule has 0 N–H and O–H groups in total. The minimum absolute atomic E-state index is 0.0986. The van der Waals surface area contributed by atoms with E-state index >= 15 is 0 Å². The van der Waals surface area contributed by atoms with Gasteiger partial charge in [-0.3, -0.25) is 0 Å². The molecule has 1 aliphatic rings. The lowest BCUT2D eigenvalue weighted by Crippen LogP contribution is -2.15. The third-order valence-corrected chi connectivity index (χ3v) is 11.9. The largest absolute Gasteiger partial charge is 0.309 e. The van der Waals surface area contributed by atoms with Gasteiger partial charge in [-0.25, -0.2) is 0 Å². The van der Waals surface area contributed by atoms with Gasteiger partial charge in [0.15, 0.2) is 0 Å². The van der Waals surface area contributed by atoms with E-state index in [9.17, 15) is 0 Å². The van der Waals surface area contributed by atoms with Gasteiger partial charge in [-0.05, 0) is 93.0 Å². The number of benzene rings is 8. The fraction of sp³-hybridized carbons (Fsp3) is 0.0566. The van der Waals surface area contributed by atoms with Gasteiger partial charge in [0, 0.05) is 38.5 Å². The molecule has 0 spiro atoms. The lowest BCUT2D eigenvalue weighted by Gasteiger charge is -2.22. The molecule has 2 nitrogen and oxygen atoms in total. The molecule has 0 bridgehead atoms. The monoisotopic (exact) mass is 702 g/mol. The summed E-state index contributed by atoms with van der Waals surface area (Å²) in [4.78, 5) is 0. The highest BCUT2D eigenvalue weighted by Gasteiger charge is 2.35. The molecule has 2 heteroatoms. The summed E-state index contributed by atoms with van der Waals surface area (Å²) >= 11 is 0. The van der Waals surface area contributed by atoms with Crippen LogP contribution >= 0.6 is 0 Å². The average Bonchev–Trinajstić information content (AvgIpc) is 3.85. The number of para-hydroxylation sites is 2. The van der Waals surface area contributed by atoms with Crippen molar-refractivity contribution in [3.05, 3.63) is 205 Å². The molecule has 11 rings (SSSR count). The first-order valence-electron chi connectivity index (χ1n) is 19.2. The normalized spacial score (nSPS) is 13.1. The van der Waals surface area contributed by atoms with E-state index in [-0.39, 0.29) is 5.41 Å². The maximum absolute atomic E-state index is 2.50. The van der Waals surface area contributed by atoms with Gasteiger partial charge < -0.3 is 9.13 Å². The lowest BCUT2D eigenvalue weighted by atomic mass is 9.82. The molecular formula is C53H38N2. The molecule has 2 aromatic heterocycles. The van der Waals surface area contributed by atoms with E-state index in [1.807, 2.05) is 0 Å². The van der Waals surface area contributed by atoms with Gasteiger partial charge in [-0.1, -0.05) is 159 Å². The maximum atomic E-state index is 2.50. The SMILES string of the molecule is CC1(C)c2ccccc2-c2ccc(-n3c(-c4ccccc4)c(-c4ccccc4)c4cc(-c5ccc(-n6c7ccccc7c7ccccc76)cc5)ccc43)cc21. The smallest absolute Gasteiger partial charge is 0.0619 e. The van der Waals surface area contributed by atoms with Crippen molar-refractivity contribution < 1.29 is 0 Å². The second-order valence-electron chi connectivity index (χ2n) is 15.3. The van der Waals surface area contributed by atoms with Gasteiger partial charge in [0.05, 0.1) is 22.2 Å². The third-order valence-electron chi connectivity index (χ3n) is 11.9. The van der Waals surface area contributed by atoms with Crippen LogP contribution in [0.4, 0.5) is 0 Å². The van der Waals surface area contributed by atoms with E-state index in [0.29, 0.717) is 0 Å². The Labute approximate surface area is 321 Å². The Morgan fingerprint density at radius 2 is 0.891 bits per heavy atom. The predicted molar refractivity (Wildman–Crippen MR) is 231 cm³/mol. The van der Waals surface area contributed by atoms with Crippen molar-refractivity contribution in [3.8, 4) is 56.0 Å². The molecule has 2 heterocycles. The number of hydrogen-bond acceptors (Lipinski definition) is 0. The molecule has 0 fully saturated rings. The Hall–Kier alpha value is -6.90. The molecule has 0 saturated heterocycles. The van der Waals surface area contributed by atoms with Crippen LogP contribution in [-0.2, 0) is 5.41 Å². The number of aromatic nitrogens is 2. The first kappa shape index (κ1) is 31.6. The summed E-state index contributed by atoms with van der Waals surface area (Å²) in [5, 5.41) is 3.78. The van der Waals surface area contributed by atoms with Crippen LogP contribution in [0.25, 0.3) is 88.7 Å². The minimum atomic E-state index is -0.0986. The molecule has 1 aliphatic carbocycles. The van der Waals surface area contributed by atoms with Crippen molar-refractivity contribution in [2.75, 3.05) is 0 Å². The molecule has 8 aromatic carbocycles. The summed E-state index contributed by atoms with van der Waals surface area (Å²) < 4.78 is 4.88. The van der Waals surface area contributed by atoms with E-state index in [1.165, 1.54) is 94.2 Å². The second kappa shape index (κ2) is 12.1. The summed E-state index contributed by atoms with van der Waals surface area (Å²) in [5.74, 6) is 0. The Morgan fingerprint density at radius 3 is 1.60 bits per heavy atom. The molecule has 0 unspecified atom stereocenters. The lowest BCUT2D eigenvalue weighted by molar-refractivity contribution is 0.660. The topological polar surface area (TPSA) is 9.86 Å². The van der Waals surface area contributed by atoms with Gasteiger partial charge in [0.1, 0.15) is 0 Å². The zero-order chi connectivity index (χ0) is 36.7. The maximum Gasteiger partial charge on any atom is 0.0619 e. The second-order valence-corrected chi connectivity index (χ2v) is 15.3. The van der Waals surface area contributed by atoms with Crippen LogP contribution in [0.2, 0.25) is 0 Å². The van der Waals surface area contributed by atoms with Crippen LogP contribution in [-0.4, -0.2) is 9.13 Å². The number of nitrogens with zero attached hydrogens (tertiary/aromatic N) is 2. The van der Waals surface area contributed by atoms with E-state index in [4.69, 9.17) is 0 Å². The number of fused-ring (bicyclic) bond motifs is 7. The van der Waals surface area contributed by atoms with Crippen LogP contribution in [0.1, 0.15) is 25.0 Å². The van der Waals surface area contributed by atoms with Crippen molar-refractivity contribution in [2.45, 2.75) is 19.3 Å². The highest BCUT2D eigenvalue weighted by atomic mass is 15.0. The van der Waals surface area contributed by atoms with Gasteiger partial charge in [-0.2, -0.15) is 0 Å². The Balaban J connectivity index is 1.12. The van der Waals surface area contributed by atoms with Crippen LogP contribution < -0.4 is 0 Å². The van der Waals surface area contributed by atoms with Crippen molar-refractivity contribution in [1.29, 1.82) is 0 Å². The van der Waals surface area contributed by atoms with Crippen LogP contribution in [0, 0.1) is 0 Å². The Morgan fingerprint density at radius 1 is 0.345 bits per heavy atom. The fourth-order valence-electron chi connectivity index (χ4n) is 9.34. The molecule has 0 aliphatic heterocycles.